The van der Waals surface area contributed by atoms with Crippen molar-refractivity contribution in [2.45, 2.75) is 44.6 Å². The van der Waals surface area contributed by atoms with E-state index in [9.17, 15) is 9.59 Å². The summed E-state index contributed by atoms with van der Waals surface area (Å²) in [6.07, 6.45) is 6.05. The lowest BCUT2D eigenvalue weighted by Crippen LogP contribution is -2.41. The molecule has 0 unspecified atom stereocenters. The first kappa shape index (κ1) is 10.5. The summed E-state index contributed by atoms with van der Waals surface area (Å²) >= 11 is 0. The van der Waals surface area contributed by atoms with Gasteiger partial charge in [0.25, 0.3) is 0 Å². The Bertz CT molecular complexity index is 259. The van der Waals surface area contributed by atoms with Crippen molar-refractivity contribution in [3.63, 3.8) is 0 Å². The summed E-state index contributed by atoms with van der Waals surface area (Å²) in [7, 11) is 0. The zero-order valence-corrected chi connectivity index (χ0v) is 8.83. The molecule has 1 aliphatic carbocycles. The largest absolute Gasteiger partial charge is 0.464 e. The number of esters is 1. The lowest BCUT2D eigenvalue weighted by molar-refractivity contribution is -0.142. The van der Waals surface area contributed by atoms with E-state index in [4.69, 9.17) is 4.74 Å². The Balaban J connectivity index is 1.82. The molecule has 0 aromatic rings. The summed E-state index contributed by atoms with van der Waals surface area (Å²) in [5, 5.41) is 2.78. The number of rotatable bonds is 2. The Morgan fingerprint density at radius 3 is 2.53 bits per heavy atom. The molecule has 0 aromatic carbocycles. The predicted molar refractivity (Wildman–Crippen MR) is 54.1 cm³/mol. The third-order valence-electron chi connectivity index (χ3n) is 3.23. The Morgan fingerprint density at radius 2 is 1.93 bits per heavy atom. The fraction of sp³-hybridized carbons (Fsp3) is 0.818. The molecular weight excluding hydrogens is 194 g/mol. The molecule has 0 aromatic heterocycles. The lowest BCUT2D eigenvalue weighted by atomic mass is 9.88. The highest BCUT2D eigenvalue weighted by atomic mass is 16.5. The molecule has 1 N–H and O–H groups in total. The molecule has 2 rings (SSSR count). The number of carbonyl (C=O) groups is 2. The number of nitrogens with one attached hydrogen (secondary N) is 1. The summed E-state index contributed by atoms with van der Waals surface area (Å²) in [4.78, 5) is 22.9. The minimum absolute atomic E-state index is 0.0403. The van der Waals surface area contributed by atoms with Crippen molar-refractivity contribution in [1.82, 2.24) is 5.32 Å². The molecule has 1 saturated carbocycles. The van der Waals surface area contributed by atoms with Gasteiger partial charge in [0.15, 0.2) is 0 Å². The Hall–Kier alpha value is -1.06. The molecule has 2 aliphatic rings. The van der Waals surface area contributed by atoms with E-state index in [2.05, 4.69) is 5.32 Å². The Kier molecular flexibility index (Phi) is 3.23. The molecule has 84 valence electrons. The summed E-state index contributed by atoms with van der Waals surface area (Å²) in [5.74, 6) is -0.121. The van der Waals surface area contributed by atoms with Gasteiger partial charge in [0.1, 0.15) is 6.04 Å². The number of hydrogen-bond acceptors (Lipinski definition) is 3. The summed E-state index contributed by atoms with van der Waals surface area (Å²) in [6, 6.07) is -0.389. The highest BCUT2D eigenvalue weighted by Gasteiger charge is 2.30. The van der Waals surface area contributed by atoms with Crippen molar-refractivity contribution in [3.8, 4) is 0 Å². The monoisotopic (exact) mass is 211 g/mol. The van der Waals surface area contributed by atoms with Crippen molar-refractivity contribution in [3.05, 3.63) is 0 Å². The topological polar surface area (TPSA) is 55.4 Å². The SMILES string of the molecule is O=C(N[C@@H]1CCOC1=O)C1CCCCC1. The van der Waals surface area contributed by atoms with Gasteiger partial charge in [0.05, 0.1) is 6.61 Å². The van der Waals surface area contributed by atoms with Crippen LogP contribution < -0.4 is 5.32 Å². The second-order valence-electron chi connectivity index (χ2n) is 4.35. The Labute approximate surface area is 89.4 Å². The van der Waals surface area contributed by atoms with Crippen LogP contribution in [0.15, 0.2) is 0 Å². The van der Waals surface area contributed by atoms with E-state index >= 15 is 0 Å². The molecule has 4 heteroatoms. The van der Waals surface area contributed by atoms with Gasteiger partial charge in [0.2, 0.25) is 5.91 Å². The van der Waals surface area contributed by atoms with Crippen molar-refractivity contribution in [2.75, 3.05) is 6.61 Å². The second-order valence-corrected chi connectivity index (χ2v) is 4.35. The second kappa shape index (κ2) is 4.64. The molecule has 1 saturated heterocycles. The van der Waals surface area contributed by atoms with E-state index in [1.54, 1.807) is 0 Å². The number of hydrogen-bond donors (Lipinski definition) is 1. The number of ether oxygens (including phenoxy) is 1. The van der Waals surface area contributed by atoms with Crippen LogP contribution >= 0.6 is 0 Å². The van der Waals surface area contributed by atoms with E-state index in [0.29, 0.717) is 13.0 Å². The van der Waals surface area contributed by atoms with Crippen molar-refractivity contribution in [1.29, 1.82) is 0 Å². The summed E-state index contributed by atoms with van der Waals surface area (Å²) in [6.45, 7) is 0.439. The average Bonchev–Trinajstić information content (AvgIpc) is 2.66. The van der Waals surface area contributed by atoms with Crippen molar-refractivity contribution >= 4 is 11.9 Å². The number of cyclic esters (lactones) is 1. The van der Waals surface area contributed by atoms with E-state index < -0.39 is 0 Å². The molecule has 1 amide bonds. The van der Waals surface area contributed by atoms with Gasteiger partial charge in [-0.2, -0.15) is 0 Å². The number of carbonyl (C=O) groups excluding carboxylic acids is 2. The first-order chi connectivity index (χ1) is 7.27. The van der Waals surface area contributed by atoms with Crippen molar-refractivity contribution in [2.24, 2.45) is 5.92 Å². The maximum atomic E-state index is 11.8. The normalized spacial score (nSPS) is 27.5. The average molecular weight is 211 g/mol. The lowest BCUT2D eigenvalue weighted by Gasteiger charge is -2.21. The first-order valence-corrected chi connectivity index (χ1v) is 5.74. The molecule has 1 atom stereocenters. The van der Waals surface area contributed by atoms with Gasteiger partial charge in [-0.05, 0) is 12.8 Å². The van der Waals surface area contributed by atoms with Gasteiger partial charge >= 0.3 is 5.97 Å². The molecule has 0 bridgehead atoms. The van der Waals surface area contributed by atoms with Crippen molar-refractivity contribution < 1.29 is 14.3 Å². The van der Waals surface area contributed by atoms with Crippen LogP contribution in [0.4, 0.5) is 0 Å². The quantitative estimate of drug-likeness (QED) is 0.693. The van der Waals surface area contributed by atoms with E-state index in [0.717, 1.165) is 25.7 Å². The molecular formula is C11H17NO3. The van der Waals surface area contributed by atoms with Gasteiger partial charge in [-0.25, -0.2) is 4.79 Å². The third-order valence-corrected chi connectivity index (χ3v) is 3.23. The van der Waals surface area contributed by atoms with Crippen LogP contribution in [0.5, 0.6) is 0 Å². The fourth-order valence-electron chi connectivity index (χ4n) is 2.28. The summed E-state index contributed by atoms with van der Waals surface area (Å²) in [5.41, 5.74) is 0. The van der Waals surface area contributed by atoms with E-state index in [1.807, 2.05) is 0 Å². The minimum Gasteiger partial charge on any atom is -0.464 e. The third kappa shape index (κ3) is 2.49. The maximum Gasteiger partial charge on any atom is 0.328 e. The smallest absolute Gasteiger partial charge is 0.328 e. The van der Waals surface area contributed by atoms with Gasteiger partial charge < -0.3 is 10.1 Å². The molecule has 2 fully saturated rings. The fourth-order valence-corrected chi connectivity index (χ4v) is 2.28. The highest BCUT2D eigenvalue weighted by Crippen LogP contribution is 2.24. The van der Waals surface area contributed by atoms with Crippen LogP contribution in [0.1, 0.15) is 38.5 Å². The van der Waals surface area contributed by atoms with Crippen LogP contribution in [-0.2, 0) is 14.3 Å². The van der Waals surface area contributed by atoms with Crippen LogP contribution in [0.25, 0.3) is 0 Å². The molecule has 0 radical (unpaired) electrons. The molecule has 15 heavy (non-hydrogen) atoms. The number of amides is 1. The summed E-state index contributed by atoms with van der Waals surface area (Å²) < 4.78 is 4.80. The molecule has 0 spiro atoms. The van der Waals surface area contributed by atoms with E-state index in [-0.39, 0.29) is 23.8 Å². The van der Waals surface area contributed by atoms with Crippen LogP contribution in [-0.4, -0.2) is 24.5 Å². The first-order valence-electron chi connectivity index (χ1n) is 5.74. The predicted octanol–water partition coefficient (Wildman–Crippen LogP) is 0.998. The minimum atomic E-state index is -0.389. The van der Waals surface area contributed by atoms with Gasteiger partial charge in [-0.15, -0.1) is 0 Å². The van der Waals surface area contributed by atoms with E-state index in [1.165, 1.54) is 6.42 Å². The zero-order valence-electron chi connectivity index (χ0n) is 8.83. The van der Waals surface area contributed by atoms with Gasteiger partial charge in [0, 0.05) is 12.3 Å². The Morgan fingerprint density at radius 1 is 1.20 bits per heavy atom. The molecule has 4 nitrogen and oxygen atoms in total. The highest BCUT2D eigenvalue weighted by molar-refractivity contribution is 5.86. The standard InChI is InChI=1S/C11H17NO3/c13-10(8-4-2-1-3-5-8)12-9-6-7-15-11(9)14/h8-9H,1-7H2,(H,12,13)/t9-/m1/s1. The zero-order chi connectivity index (χ0) is 10.7. The maximum absolute atomic E-state index is 11.8. The molecule has 1 aliphatic heterocycles. The van der Waals surface area contributed by atoms with Crippen LogP contribution in [0.3, 0.4) is 0 Å². The van der Waals surface area contributed by atoms with Crippen LogP contribution in [0.2, 0.25) is 0 Å². The van der Waals surface area contributed by atoms with Gasteiger partial charge in [-0.3, -0.25) is 4.79 Å². The van der Waals surface area contributed by atoms with Crippen LogP contribution in [0, 0.1) is 5.92 Å². The molecule has 1 heterocycles. The van der Waals surface area contributed by atoms with Gasteiger partial charge in [-0.1, -0.05) is 19.3 Å².